The quantitative estimate of drug-likeness (QED) is 0.481. The van der Waals surface area contributed by atoms with Gasteiger partial charge in [0.2, 0.25) is 0 Å². The fraction of sp³-hybridized carbons (Fsp3) is 0.136. The third kappa shape index (κ3) is 4.27. The molecule has 0 heterocycles. The topological polar surface area (TPSA) is 35.5 Å². The predicted octanol–water partition coefficient (Wildman–Crippen LogP) is 5.10. The zero-order chi connectivity index (χ0) is 17.6. The van der Waals surface area contributed by atoms with Gasteiger partial charge in [-0.3, -0.25) is 0 Å². The second-order valence-electron chi connectivity index (χ2n) is 5.89. The average Bonchev–Trinajstić information content (AvgIpc) is 2.64. The number of rotatable bonds is 5. The van der Waals surface area contributed by atoms with Gasteiger partial charge in [-0.1, -0.05) is 42.5 Å². The van der Waals surface area contributed by atoms with Gasteiger partial charge in [-0.15, -0.1) is 0 Å². The first kappa shape index (κ1) is 16.8. The second kappa shape index (κ2) is 7.67. The molecular weight excluding hydrogens is 312 g/mol. The highest BCUT2D eigenvalue weighted by molar-refractivity contribution is 5.91. The van der Waals surface area contributed by atoms with Crippen molar-refractivity contribution in [3.8, 4) is 11.5 Å². The van der Waals surface area contributed by atoms with E-state index >= 15 is 0 Å². The Morgan fingerprint density at radius 2 is 1.56 bits per heavy atom. The molecule has 3 nitrogen and oxygen atoms in total. The first-order valence-corrected chi connectivity index (χ1v) is 8.18. The SMILES string of the molecule is Cc1cccc(OCc2ccc(C(=O)Oc3ccccc3)cc2)c1C. The minimum Gasteiger partial charge on any atom is -0.489 e. The van der Waals surface area contributed by atoms with Gasteiger partial charge in [0.25, 0.3) is 0 Å². The molecule has 3 rings (SSSR count). The molecule has 0 spiro atoms. The lowest BCUT2D eigenvalue weighted by Crippen LogP contribution is -2.08. The van der Waals surface area contributed by atoms with Gasteiger partial charge < -0.3 is 9.47 Å². The van der Waals surface area contributed by atoms with Gasteiger partial charge in [0.1, 0.15) is 18.1 Å². The Bertz CT molecular complexity index is 852. The number of aryl methyl sites for hydroxylation is 1. The molecule has 0 aliphatic heterocycles. The Hall–Kier alpha value is -3.07. The smallest absolute Gasteiger partial charge is 0.343 e. The molecule has 0 aliphatic rings. The standard InChI is InChI=1S/C22H20O3/c1-16-7-6-10-21(17(16)2)24-15-18-11-13-19(14-12-18)22(23)25-20-8-4-3-5-9-20/h3-14H,15H2,1-2H3. The molecule has 3 heteroatoms. The van der Waals surface area contributed by atoms with Gasteiger partial charge in [-0.25, -0.2) is 4.79 Å². The average molecular weight is 332 g/mol. The van der Waals surface area contributed by atoms with Crippen molar-refractivity contribution < 1.29 is 14.3 Å². The van der Waals surface area contributed by atoms with E-state index in [1.807, 2.05) is 49.4 Å². The number of hydrogen-bond donors (Lipinski definition) is 0. The van der Waals surface area contributed by atoms with Crippen LogP contribution in [0.4, 0.5) is 0 Å². The third-order valence-electron chi connectivity index (χ3n) is 4.09. The zero-order valence-corrected chi connectivity index (χ0v) is 14.4. The maximum atomic E-state index is 12.1. The summed E-state index contributed by atoms with van der Waals surface area (Å²) in [5.41, 5.74) is 3.86. The molecule has 25 heavy (non-hydrogen) atoms. The van der Waals surface area contributed by atoms with Crippen molar-refractivity contribution in [2.75, 3.05) is 0 Å². The summed E-state index contributed by atoms with van der Waals surface area (Å²) in [5, 5.41) is 0. The predicted molar refractivity (Wildman–Crippen MR) is 98.1 cm³/mol. The molecule has 0 saturated heterocycles. The van der Waals surface area contributed by atoms with Crippen LogP contribution in [-0.2, 0) is 6.61 Å². The summed E-state index contributed by atoms with van der Waals surface area (Å²) in [6.07, 6.45) is 0. The molecule has 3 aromatic carbocycles. The summed E-state index contributed by atoms with van der Waals surface area (Å²) in [5.74, 6) is 1.05. The van der Waals surface area contributed by atoms with E-state index in [-0.39, 0.29) is 5.97 Å². The first-order chi connectivity index (χ1) is 12.1. The molecule has 0 aromatic heterocycles. The summed E-state index contributed by atoms with van der Waals surface area (Å²) in [4.78, 5) is 12.1. The number of hydrogen-bond acceptors (Lipinski definition) is 3. The summed E-state index contributed by atoms with van der Waals surface area (Å²) in [6.45, 7) is 4.57. The van der Waals surface area contributed by atoms with Crippen LogP contribution >= 0.6 is 0 Å². The lowest BCUT2D eigenvalue weighted by Gasteiger charge is -2.11. The molecule has 0 amide bonds. The van der Waals surface area contributed by atoms with Crippen LogP contribution in [0.5, 0.6) is 11.5 Å². The zero-order valence-electron chi connectivity index (χ0n) is 14.4. The largest absolute Gasteiger partial charge is 0.489 e. The third-order valence-corrected chi connectivity index (χ3v) is 4.09. The summed E-state index contributed by atoms with van der Waals surface area (Å²) in [6, 6.07) is 22.3. The van der Waals surface area contributed by atoms with Gasteiger partial charge >= 0.3 is 5.97 Å². The minimum atomic E-state index is -0.367. The van der Waals surface area contributed by atoms with E-state index in [4.69, 9.17) is 9.47 Å². The lowest BCUT2D eigenvalue weighted by atomic mass is 10.1. The summed E-state index contributed by atoms with van der Waals surface area (Å²) >= 11 is 0. The van der Waals surface area contributed by atoms with Gasteiger partial charge in [0, 0.05) is 0 Å². The van der Waals surface area contributed by atoms with Crippen molar-refractivity contribution in [2.24, 2.45) is 0 Å². The highest BCUT2D eigenvalue weighted by Gasteiger charge is 2.08. The van der Waals surface area contributed by atoms with Crippen molar-refractivity contribution in [3.63, 3.8) is 0 Å². The van der Waals surface area contributed by atoms with Crippen molar-refractivity contribution in [1.82, 2.24) is 0 Å². The van der Waals surface area contributed by atoms with E-state index < -0.39 is 0 Å². The van der Waals surface area contributed by atoms with Gasteiger partial charge in [-0.2, -0.15) is 0 Å². The lowest BCUT2D eigenvalue weighted by molar-refractivity contribution is 0.0734. The van der Waals surface area contributed by atoms with E-state index in [1.165, 1.54) is 5.56 Å². The number of ether oxygens (including phenoxy) is 2. The molecule has 0 radical (unpaired) electrons. The molecule has 0 N–H and O–H groups in total. The van der Waals surface area contributed by atoms with Gasteiger partial charge in [0.05, 0.1) is 5.56 Å². The molecule has 0 bridgehead atoms. The van der Waals surface area contributed by atoms with Crippen molar-refractivity contribution in [2.45, 2.75) is 20.5 Å². The second-order valence-corrected chi connectivity index (χ2v) is 5.89. The molecule has 0 aliphatic carbocycles. The van der Waals surface area contributed by atoms with Crippen LogP contribution < -0.4 is 9.47 Å². The normalized spacial score (nSPS) is 10.3. The molecule has 0 atom stereocenters. The Balaban J connectivity index is 1.62. The van der Waals surface area contributed by atoms with E-state index in [2.05, 4.69) is 13.0 Å². The van der Waals surface area contributed by atoms with E-state index in [0.717, 1.165) is 16.9 Å². The van der Waals surface area contributed by atoms with Crippen LogP contribution in [0.15, 0.2) is 72.8 Å². The number of benzene rings is 3. The van der Waals surface area contributed by atoms with Crippen LogP contribution in [0.25, 0.3) is 0 Å². The Morgan fingerprint density at radius 3 is 2.28 bits per heavy atom. The van der Waals surface area contributed by atoms with Crippen molar-refractivity contribution >= 4 is 5.97 Å². The first-order valence-electron chi connectivity index (χ1n) is 8.18. The van der Waals surface area contributed by atoms with Crippen LogP contribution in [0.1, 0.15) is 27.0 Å². The Morgan fingerprint density at radius 1 is 0.840 bits per heavy atom. The number of para-hydroxylation sites is 1. The maximum Gasteiger partial charge on any atom is 0.343 e. The van der Waals surface area contributed by atoms with Gasteiger partial charge in [-0.05, 0) is 60.9 Å². The summed E-state index contributed by atoms with van der Waals surface area (Å²) in [7, 11) is 0. The minimum absolute atomic E-state index is 0.367. The molecule has 0 unspecified atom stereocenters. The fourth-order valence-corrected chi connectivity index (χ4v) is 2.43. The number of carbonyl (C=O) groups is 1. The maximum absolute atomic E-state index is 12.1. The van der Waals surface area contributed by atoms with Crippen LogP contribution in [-0.4, -0.2) is 5.97 Å². The molecule has 126 valence electrons. The van der Waals surface area contributed by atoms with Crippen LogP contribution in [0.3, 0.4) is 0 Å². The van der Waals surface area contributed by atoms with Crippen molar-refractivity contribution in [1.29, 1.82) is 0 Å². The number of esters is 1. The van der Waals surface area contributed by atoms with E-state index in [0.29, 0.717) is 17.9 Å². The molecule has 0 fully saturated rings. The summed E-state index contributed by atoms with van der Waals surface area (Å²) < 4.78 is 11.2. The monoisotopic (exact) mass is 332 g/mol. The van der Waals surface area contributed by atoms with Crippen molar-refractivity contribution in [3.05, 3.63) is 95.1 Å². The number of carbonyl (C=O) groups excluding carboxylic acids is 1. The van der Waals surface area contributed by atoms with Crippen LogP contribution in [0.2, 0.25) is 0 Å². The molecule has 3 aromatic rings. The molecule has 0 saturated carbocycles. The van der Waals surface area contributed by atoms with Gasteiger partial charge in [0.15, 0.2) is 0 Å². The molecular formula is C22H20O3. The van der Waals surface area contributed by atoms with Crippen LogP contribution in [0, 0.1) is 13.8 Å². The highest BCUT2D eigenvalue weighted by atomic mass is 16.5. The van der Waals surface area contributed by atoms with E-state index in [1.54, 1.807) is 24.3 Å². The fourth-order valence-electron chi connectivity index (χ4n) is 2.43. The van der Waals surface area contributed by atoms with E-state index in [9.17, 15) is 4.79 Å². The Labute approximate surface area is 147 Å². The Kier molecular flexibility index (Phi) is 5.14. The highest BCUT2D eigenvalue weighted by Crippen LogP contribution is 2.22.